The maximum absolute atomic E-state index is 12.6. The molecule has 0 unspecified atom stereocenters. The van der Waals surface area contributed by atoms with Gasteiger partial charge in [0.2, 0.25) is 0 Å². The van der Waals surface area contributed by atoms with Crippen molar-refractivity contribution in [2.24, 2.45) is 0 Å². The number of rotatable bonds is 5. The highest BCUT2D eigenvalue weighted by Gasteiger charge is 2.35. The molecule has 2 rings (SSSR count). The summed E-state index contributed by atoms with van der Waals surface area (Å²) in [5, 5.41) is 2.60. The van der Waals surface area contributed by atoms with Gasteiger partial charge >= 0.3 is 12.2 Å². The van der Waals surface area contributed by atoms with Crippen LogP contribution in [-0.4, -0.2) is 55.4 Å². The second kappa shape index (κ2) is 7.80. The zero-order valence-electron chi connectivity index (χ0n) is 13.5. The van der Waals surface area contributed by atoms with Gasteiger partial charge in [-0.1, -0.05) is 6.07 Å². The molecule has 2 heterocycles. The van der Waals surface area contributed by atoms with E-state index in [4.69, 9.17) is 9.47 Å². The highest BCUT2D eigenvalue weighted by molar-refractivity contribution is 5.75. The molecule has 24 heavy (non-hydrogen) atoms. The number of ether oxygens (including phenoxy) is 2. The van der Waals surface area contributed by atoms with Crippen molar-refractivity contribution in [1.29, 1.82) is 0 Å². The van der Waals surface area contributed by atoms with Crippen molar-refractivity contribution in [2.75, 3.05) is 27.4 Å². The Morgan fingerprint density at radius 3 is 2.79 bits per heavy atom. The number of carbonyl (C=O) groups is 1. The number of amides is 2. The standard InChI is InChI=1S/C15H20F3N3O3/c1-23-9-11-6-12(24-2)8-21(11)14(22)19-7-10-4-3-5-13(20-10)15(16,17)18/h3-5,11-12H,6-9H2,1-2H3,(H,19,22)/t11-,12-/m0/s1. The molecule has 1 N–H and O–H groups in total. The summed E-state index contributed by atoms with van der Waals surface area (Å²) in [5.41, 5.74) is -0.837. The summed E-state index contributed by atoms with van der Waals surface area (Å²) in [7, 11) is 3.12. The smallest absolute Gasteiger partial charge is 0.383 e. The van der Waals surface area contributed by atoms with Crippen LogP contribution in [0.25, 0.3) is 0 Å². The van der Waals surface area contributed by atoms with Crippen molar-refractivity contribution < 1.29 is 27.4 Å². The third-order valence-electron chi connectivity index (χ3n) is 3.85. The topological polar surface area (TPSA) is 63.7 Å². The molecule has 9 heteroatoms. The van der Waals surface area contributed by atoms with Crippen LogP contribution in [0.4, 0.5) is 18.0 Å². The number of hydrogen-bond donors (Lipinski definition) is 1. The summed E-state index contributed by atoms with van der Waals surface area (Å²) in [5.74, 6) is 0. The number of nitrogens with zero attached hydrogens (tertiary/aromatic N) is 2. The first-order valence-electron chi connectivity index (χ1n) is 7.44. The molecule has 0 radical (unpaired) electrons. The molecular formula is C15H20F3N3O3. The van der Waals surface area contributed by atoms with Crippen molar-refractivity contribution in [2.45, 2.75) is 31.3 Å². The first kappa shape index (κ1) is 18.5. The molecule has 134 valence electrons. The molecular weight excluding hydrogens is 327 g/mol. The summed E-state index contributed by atoms with van der Waals surface area (Å²) < 4.78 is 48.3. The molecule has 0 aliphatic carbocycles. The Balaban J connectivity index is 1.97. The molecule has 1 aromatic heterocycles. The minimum atomic E-state index is -4.51. The lowest BCUT2D eigenvalue weighted by molar-refractivity contribution is -0.141. The Bertz CT molecular complexity index is 568. The number of urea groups is 1. The zero-order valence-corrected chi connectivity index (χ0v) is 13.5. The number of alkyl halides is 3. The van der Waals surface area contributed by atoms with Crippen LogP contribution >= 0.6 is 0 Å². The Hall–Kier alpha value is -1.87. The SMILES string of the molecule is COC[C@@H]1C[C@H](OC)CN1C(=O)NCc1cccc(C(F)(F)F)n1. The lowest BCUT2D eigenvalue weighted by atomic mass is 10.2. The third-order valence-corrected chi connectivity index (χ3v) is 3.85. The van der Waals surface area contributed by atoms with Crippen molar-refractivity contribution >= 4 is 6.03 Å². The molecule has 0 saturated carbocycles. The summed E-state index contributed by atoms with van der Waals surface area (Å²) >= 11 is 0. The van der Waals surface area contributed by atoms with Crippen molar-refractivity contribution in [3.63, 3.8) is 0 Å². The Morgan fingerprint density at radius 1 is 1.42 bits per heavy atom. The zero-order chi connectivity index (χ0) is 17.7. The molecule has 1 saturated heterocycles. The fraction of sp³-hybridized carbons (Fsp3) is 0.600. The van der Waals surface area contributed by atoms with Crippen LogP contribution in [0.5, 0.6) is 0 Å². The van der Waals surface area contributed by atoms with E-state index in [1.165, 1.54) is 12.1 Å². The van der Waals surface area contributed by atoms with Gasteiger partial charge in [-0.25, -0.2) is 9.78 Å². The molecule has 1 aromatic rings. The van der Waals surface area contributed by atoms with Crippen molar-refractivity contribution in [3.8, 4) is 0 Å². The number of halogens is 3. The quantitative estimate of drug-likeness (QED) is 0.885. The van der Waals surface area contributed by atoms with E-state index in [0.29, 0.717) is 19.6 Å². The molecule has 2 amide bonds. The molecule has 1 aliphatic heterocycles. The lowest BCUT2D eigenvalue weighted by Gasteiger charge is -2.24. The molecule has 0 bridgehead atoms. The van der Waals surface area contributed by atoms with Gasteiger partial charge in [0.1, 0.15) is 5.69 Å². The number of aromatic nitrogens is 1. The third kappa shape index (κ3) is 4.57. The average Bonchev–Trinajstić information content (AvgIpc) is 2.96. The number of carbonyl (C=O) groups excluding carboxylic acids is 1. The molecule has 2 atom stereocenters. The highest BCUT2D eigenvalue weighted by Crippen LogP contribution is 2.27. The van der Waals surface area contributed by atoms with Gasteiger partial charge in [0.05, 0.1) is 31.0 Å². The van der Waals surface area contributed by atoms with Gasteiger partial charge in [-0.2, -0.15) is 13.2 Å². The lowest BCUT2D eigenvalue weighted by Crippen LogP contribution is -2.44. The van der Waals surface area contributed by atoms with Crippen LogP contribution in [0.15, 0.2) is 18.2 Å². The van der Waals surface area contributed by atoms with E-state index in [-0.39, 0.29) is 30.4 Å². The van der Waals surface area contributed by atoms with Gasteiger partial charge in [-0.15, -0.1) is 0 Å². The van der Waals surface area contributed by atoms with Gasteiger partial charge in [0.15, 0.2) is 0 Å². The molecule has 0 aromatic carbocycles. The largest absolute Gasteiger partial charge is 0.433 e. The highest BCUT2D eigenvalue weighted by atomic mass is 19.4. The van der Waals surface area contributed by atoms with Gasteiger partial charge in [-0.05, 0) is 18.6 Å². The normalized spacial score (nSPS) is 21.1. The molecule has 6 nitrogen and oxygen atoms in total. The predicted molar refractivity (Wildman–Crippen MR) is 79.3 cm³/mol. The van der Waals surface area contributed by atoms with E-state index in [2.05, 4.69) is 10.3 Å². The van der Waals surface area contributed by atoms with Crippen molar-refractivity contribution in [1.82, 2.24) is 15.2 Å². The minimum Gasteiger partial charge on any atom is -0.383 e. The van der Waals surface area contributed by atoms with E-state index in [9.17, 15) is 18.0 Å². The van der Waals surface area contributed by atoms with Gasteiger partial charge in [0.25, 0.3) is 0 Å². The maximum atomic E-state index is 12.6. The second-order valence-corrected chi connectivity index (χ2v) is 5.53. The average molecular weight is 347 g/mol. The van der Waals surface area contributed by atoms with E-state index in [1.54, 1.807) is 19.1 Å². The molecule has 0 spiro atoms. The van der Waals surface area contributed by atoms with E-state index in [1.807, 2.05) is 0 Å². The maximum Gasteiger partial charge on any atom is 0.433 e. The van der Waals surface area contributed by atoms with Crippen LogP contribution in [0.1, 0.15) is 17.8 Å². The Morgan fingerprint density at radius 2 is 2.17 bits per heavy atom. The van der Waals surface area contributed by atoms with Crippen LogP contribution < -0.4 is 5.32 Å². The Kier molecular flexibility index (Phi) is 6.00. The first-order chi connectivity index (χ1) is 11.3. The van der Waals surface area contributed by atoms with E-state index in [0.717, 1.165) is 6.07 Å². The number of hydrogen-bond acceptors (Lipinski definition) is 4. The predicted octanol–water partition coefficient (Wildman–Crippen LogP) is 2.05. The summed E-state index contributed by atoms with van der Waals surface area (Å²) in [4.78, 5) is 17.4. The van der Waals surface area contributed by atoms with Crippen molar-refractivity contribution in [3.05, 3.63) is 29.6 Å². The fourth-order valence-electron chi connectivity index (χ4n) is 2.65. The number of likely N-dealkylation sites (tertiary alicyclic amines) is 1. The van der Waals surface area contributed by atoms with Crippen LogP contribution in [0.3, 0.4) is 0 Å². The molecule has 1 fully saturated rings. The summed E-state index contributed by atoms with van der Waals surface area (Å²) in [6.45, 7) is 0.693. The monoisotopic (exact) mass is 347 g/mol. The summed E-state index contributed by atoms with van der Waals surface area (Å²) in [6.07, 6.45) is -3.94. The minimum absolute atomic E-state index is 0.0809. The van der Waals surface area contributed by atoms with Gasteiger partial charge in [0, 0.05) is 20.8 Å². The summed E-state index contributed by atoms with van der Waals surface area (Å²) in [6, 6.07) is 3.08. The number of methoxy groups -OCH3 is 2. The second-order valence-electron chi connectivity index (χ2n) is 5.53. The van der Waals surface area contributed by atoms with Gasteiger partial charge < -0.3 is 19.7 Å². The van der Waals surface area contributed by atoms with E-state index >= 15 is 0 Å². The Labute approximate surface area is 137 Å². The number of pyridine rings is 1. The fourth-order valence-corrected chi connectivity index (χ4v) is 2.65. The van der Waals surface area contributed by atoms with Gasteiger partial charge in [-0.3, -0.25) is 0 Å². The van der Waals surface area contributed by atoms with Crippen LogP contribution in [-0.2, 0) is 22.2 Å². The van der Waals surface area contributed by atoms with E-state index < -0.39 is 11.9 Å². The molecule has 1 aliphatic rings. The first-order valence-corrected chi connectivity index (χ1v) is 7.44. The van der Waals surface area contributed by atoms with Crippen LogP contribution in [0.2, 0.25) is 0 Å². The number of nitrogens with one attached hydrogen (secondary N) is 1. The van der Waals surface area contributed by atoms with Crippen LogP contribution in [0, 0.1) is 0 Å².